The SMILES string of the molecule is CCOc1cc(CNc2ccc(N3CCOCC3)c(Cl)c2)ccc1OC. The topological polar surface area (TPSA) is 43.0 Å². The number of anilines is 2. The fourth-order valence-corrected chi connectivity index (χ4v) is 3.28. The lowest BCUT2D eigenvalue weighted by molar-refractivity contribution is 0.122. The van der Waals surface area contributed by atoms with Crippen molar-refractivity contribution in [1.82, 2.24) is 0 Å². The van der Waals surface area contributed by atoms with Gasteiger partial charge in [-0.2, -0.15) is 0 Å². The molecule has 1 saturated heterocycles. The van der Waals surface area contributed by atoms with Crippen LogP contribution in [-0.4, -0.2) is 40.0 Å². The molecule has 0 saturated carbocycles. The molecular weight excluding hydrogens is 352 g/mol. The molecule has 2 aromatic carbocycles. The number of ether oxygens (including phenoxy) is 3. The summed E-state index contributed by atoms with van der Waals surface area (Å²) in [5, 5.41) is 4.17. The first-order valence-electron chi connectivity index (χ1n) is 8.87. The van der Waals surface area contributed by atoms with Crippen LogP contribution in [-0.2, 0) is 11.3 Å². The van der Waals surface area contributed by atoms with Crippen LogP contribution in [0.1, 0.15) is 12.5 Å². The molecule has 2 aromatic rings. The maximum Gasteiger partial charge on any atom is 0.161 e. The third kappa shape index (κ3) is 4.54. The highest BCUT2D eigenvalue weighted by atomic mass is 35.5. The van der Waals surface area contributed by atoms with Crippen molar-refractivity contribution in [2.45, 2.75) is 13.5 Å². The zero-order valence-corrected chi connectivity index (χ0v) is 16.0. The van der Waals surface area contributed by atoms with Crippen molar-refractivity contribution in [3.8, 4) is 11.5 Å². The largest absolute Gasteiger partial charge is 0.493 e. The molecule has 0 atom stereocenters. The van der Waals surface area contributed by atoms with Crippen LogP contribution >= 0.6 is 11.6 Å². The second-order valence-electron chi connectivity index (χ2n) is 6.04. The van der Waals surface area contributed by atoms with E-state index >= 15 is 0 Å². The van der Waals surface area contributed by atoms with E-state index in [1.54, 1.807) is 7.11 Å². The predicted octanol–water partition coefficient (Wildman–Crippen LogP) is 4.20. The van der Waals surface area contributed by atoms with Gasteiger partial charge in [-0.25, -0.2) is 0 Å². The van der Waals surface area contributed by atoms with Crippen LogP contribution in [0.25, 0.3) is 0 Å². The zero-order valence-electron chi connectivity index (χ0n) is 15.3. The number of hydrogen-bond donors (Lipinski definition) is 1. The van der Waals surface area contributed by atoms with E-state index in [0.29, 0.717) is 13.2 Å². The highest BCUT2D eigenvalue weighted by molar-refractivity contribution is 6.33. The number of morpholine rings is 1. The van der Waals surface area contributed by atoms with Gasteiger partial charge in [0.1, 0.15) is 0 Å². The summed E-state index contributed by atoms with van der Waals surface area (Å²) in [4.78, 5) is 2.26. The van der Waals surface area contributed by atoms with E-state index in [4.69, 9.17) is 25.8 Å². The van der Waals surface area contributed by atoms with Crippen LogP contribution < -0.4 is 19.7 Å². The van der Waals surface area contributed by atoms with Crippen LogP contribution in [0.2, 0.25) is 5.02 Å². The van der Waals surface area contributed by atoms with Crippen LogP contribution in [0.3, 0.4) is 0 Å². The molecule has 6 heteroatoms. The van der Waals surface area contributed by atoms with Crippen molar-refractivity contribution >= 4 is 23.0 Å². The lowest BCUT2D eigenvalue weighted by Gasteiger charge is -2.29. The average Bonchev–Trinajstić information content (AvgIpc) is 2.67. The molecule has 26 heavy (non-hydrogen) atoms. The summed E-state index contributed by atoms with van der Waals surface area (Å²) in [6.07, 6.45) is 0. The molecule has 0 aromatic heterocycles. The predicted molar refractivity (Wildman–Crippen MR) is 106 cm³/mol. The molecule has 0 amide bonds. The molecule has 3 rings (SSSR count). The van der Waals surface area contributed by atoms with Gasteiger partial charge >= 0.3 is 0 Å². The van der Waals surface area contributed by atoms with Gasteiger partial charge in [0.2, 0.25) is 0 Å². The Hall–Kier alpha value is -2.11. The first-order valence-corrected chi connectivity index (χ1v) is 9.25. The van der Waals surface area contributed by atoms with Crippen molar-refractivity contribution in [2.24, 2.45) is 0 Å². The molecule has 0 radical (unpaired) electrons. The van der Waals surface area contributed by atoms with Crippen molar-refractivity contribution < 1.29 is 14.2 Å². The minimum absolute atomic E-state index is 0.603. The normalized spacial score (nSPS) is 14.2. The van der Waals surface area contributed by atoms with Crippen molar-refractivity contribution in [3.63, 3.8) is 0 Å². The van der Waals surface area contributed by atoms with Crippen molar-refractivity contribution in [3.05, 3.63) is 47.0 Å². The third-order valence-electron chi connectivity index (χ3n) is 4.32. The molecule has 0 bridgehead atoms. The smallest absolute Gasteiger partial charge is 0.161 e. The molecule has 1 aliphatic rings. The van der Waals surface area contributed by atoms with Crippen LogP contribution in [0.5, 0.6) is 11.5 Å². The fourth-order valence-electron chi connectivity index (χ4n) is 2.98. The summed E-state index contributed by atoms with van der Waals surface area (Å²) in [6, 6.07) is 12.0. The quantitative estimate of drug-likeness (QED) is 0.784. The average molecular weight is 377 g/mol. The second kappa shape index (κ2) is 9.01. The van der Waals surface area contributed by atoms with Gasteiger partial charge in [0.25, 0.3) is 0 Å². The van der Waals surface area contributed by atoms with Gasteiger partial charge in [-0.1, -0.05) is 17.7 Å². The van der Waals surface area contributed by atoms with Gasteiger partial charge in [0, 0.05) is 25.3 Å². The zero-order chi connectivity index (χ0) is 18.4. The van der Waals surface area contributed by atoms with Gasteiger partial charge < -0.3 is 24.4 Å². The van der Waals surface area contributed by atoms with Crippen LogP contribution in [0.4, 0.5) is 11.4 Å². The van der Waals surface area contributed by atoms with Crippen molar-refractivity contribution in [1.29, 1.82) is 0 Å². The van der Waals surface area contributed by atoms with Gasteiger partial charge in [-0.15, -0.1) is 0 Å². The second-order valence-corrected chi connectivity index (χ2v) is 6.44. The molecule has 5 nitrogen and oxygen atoms in total. The lowest BCUT2D eigenvalue weighted by Crippen LogP contribution is -2.36. The highest BCUT2D eigenvalue weighted by Crippen LogP contribution is 2.31. The van der Waals surface area contributed by atoms with Gasteiger partial charge in [0.15, 0.2) is 11.5 Å². The monoisotopic (exact) mass is 376 g/mol. The van der Waals surface area contributed by atoms with E-state index in [0.717, 1.165) is 59.8 Å². The first-order chi connectivity index (χ1) is 12.7. The number of rotatable bonds is 7. The lowest BCUT2D eigenvalue weighted by atomic mass is 10.2. The number of nitrogens with zero attached hydrogens (tertiary/aromatic N) is 1. The molecule has 1 aliphatic heterocycles. The molecule has 1 N–H and O–H groups in total. The molecule has 140 valence electrons. The van der Waals surface area contributed by atoms with Crippen LogP contribution in [0.15, 0.2) is 36.4 Å². The number of methoxy groups -OCH3 is 1. The molecule has 0 spiro atoms. The molecule has 0 aliphatic carbocycles. The Bertz CT molecular complexity index is 733. The Kier molecular flexibility index (Phi) is 6.47. The highest BCUT2D eigenvalue weighted by Gasteiger charge is 2.14. The maximum absolute atomic E-state index is 6.49. The third-order valence-corrected chi connectivity index (χ3v) is 4.63. The van der Waals surface area contributed by atoms with Crippen molar-refractivity contribution in [2.75, 3.05) is 50.2 Å². The Labute approximate surface area is 159 Å². The summed E-state index contributed by atoms with van der Waals surface area (Å²) in [7, 11) is 1.65. The summed E-state index contributed by atoms with van der Waals surface area (Å²) < 4.78 is 16.4. The van der Waals surface area contributed by atoms with E-state index in [9.17, 15) is 0 Å². The Morgan fingerprint density at radius 1 is 1.12 bits per heavy atom. The van der Waals surface area contributed by atoms with E-state index < -0.39 is 0 Å². The summed E-state index contributed by atoms with van der Waals surface area (Å²) >= 11 is 6.49. The molecule has 0 unspecified atom stereocenters. The number of nitrogens with one attached hydrogen (secondary N) is 1. The van der Waals surface area contributed by atoms with E-state index in [2.05, 4.69) is 22.3 Å². The Morgan fingerprint density at radius 2 is 1.92 bits per heavy atom. The summed E-state index contributed by atoms with van der Waals surface area (Å²) in [5.74, 6) is 1.50. The number of benzene rings is 2. The standard InChI is InChI=1S/C20H25ClN2O3/c1-3-26-20-12-15(4-7-19(20)24-2)14-22-16-5-6-18(17(21)13-16)23-8-10-25-11-9-23/h4-7,12-13,22H,3,8-11,14H2,1-2H3. The van der Waals surface area contributed by atoms with E-state index in [1.807, 2.05) is 31.2 Å². The van der Waals surface area contributed by atoms with Gasteiger partial charge in [0.05, 0.1) is 37.6 Å². The van der Waals surface area contributed by atoms with Gasteiger partial charge in [-0.3, -0.25) is 0 Å². The Balaban J connectivity index is 1.66. The van der Waals surface area contributed by atoms with Crippen LogP contribution in [0, 0.1) is 0 Å². The van der Waals surface area contributed by atoms with E-state index in [-0.39, 0.29) is 0 Å². The molecular formula is C20H25ClN2O3. The maximum atomic E-state index is 6.49. The molecule has 1 heterocycles. The Morgan fingerprint density at radius 3 is 2.62 bits per heavy atom. The number of halogens is 1. The fraction of sp³-hybridized carbons (Fsp3) is 0.400. The summed E-state index contributed by atoms with van der Waals surface area (Å²) in [6.45, 7) is 6.48. The van der Waals surface area contributed by atoms with Gasteiger partial charge in [-0.05, 0) is 42.8 Å². The summed E-state index contributed by atoms with van der Waals surface area (Å²) in [5.41, 5.74) is 3.16. The van der Waals surface area contributed by atoms with E-state index in [1.165, 1.54) is 0 Å². The minimum Gasteiger partial charge on any atom is -0.493 e. The minimum atomic E-state index is 0.603. The molecule has 1 fully saturated rings. The number of hydrogen-bond acceptors (Lipinski definition) is 5. The first kappa shape index (κ1) is 18.7.